The van der Waals surface area contributed by atoms with E-state index in [1.54, 1.807) is 19.0 Å². The van der Waals surface area contributed by atoms with Crippen molar-refractivity contribution in [1.29, 1.82) is 0 Å². The molecule has 0 fully saturated rings. The molecule has 0 aliphatic carbocycles. The van der Waals surface area contributed by atoms with Crippen LogP contribution in [0.15, 0.2) is 4.99 Å². The molecule has 138 valence electrons. The first-order valence-corrected chi connectivity index (χ1v) is 8.26. The van der Waals surface area contributed by atoms with Crippen LogP contribution in [0.4, 0.5) is 0 Å². The molecule has 0 rings (SSSR count). The van der Waals surface area contributed by atoms with Gasteiger partial charge in [-0.3, -0.25) is 4.79 Å². The fourth-order valence-electron chi connectivity index (χ4n) is 1.70. The van der Waals surface area contributed by atoms with Gasteiger partial charge in [0.1, 0.15) is 6.54 Å². The smallest absolute Gasteiger partial charge is 0.243 e. The molecule has 1 atom stereocenters. The highest BCUT2D eigenvalue weighted by atomic mass is 127. The number of hydrogen-bond donors (Lipinski definition) is 2. The Morgan fingerprint density at radius 3 is 2.17 bits per heavy atom. The SMILES string of the molecule is CC(C)CNC(=NCC(=O)N(C)C)NC(C)CCC(C)(C)C.I. The Morgan fingerprint density at radius 2 is 1.74 bits per heavy atom. The van der Waals surface area contributed by atoms with Crippen molar-refractivity contribution >= 4 is 35.8 Å². The number of halogens is 1. The van der Waals surface area contributed by atoms with Gasteiger partial charge in [-0.25, -0.2) is 4.99 Å². The van der Waals surface area contributed by atoms with E-state index in [-0.39, 0.29) is 36.4 Å². The van der Waals surface area contributed by atoms with Gasteiger partial charge in [-0.2, -0.15) is 0 Å². The van der Waals surface area contributed by atoms with Crippen molar-refractivity contribution < 1.29 is 4.79 Å². The van der Waals surface area contributed by atoms with E-state index < -0.39 is 0 Å². The lowest BCUT2D eigenvalue weighted by Gasteiger charge is -2.23. The van der Waals surface area contributed by atoms with Gasteiger partial charge in [-0.15, -0.1) is 24.0 Å². The van der Waals surface area contributed by atoms with Crippen molar-refractivity contribution in [2.75, 3.05) is 27.2 Å². The number of carbonyl (C=O) groups is 1. The van der Waals surface area contributed by atoms with Crippen LogP contribution in [-0.2, 0) is 4.79 Å². The van der Waals surface area contributed by atoms with Crippen molar-refractivity contribution in [3.63, 3.8) is 0 Å². The third-order valence-electron chi connectivity index (χ3n) is 3.26. The first-order valence-electron chi connectivity index (χ1n) is 8.26. The lowest BCUT2D eigenvalue weighted by molar-refractivity contribution is -0.127. The average molecular weight is 440 g/mol. The number of guanidine groups is 1. The molecule has 0 saturated heterocycles. The first-order chi connectivity index (χ1) is 10.0. The normalized spacial score (nSPS) is 13.3. The van der Waals surface area contributed by atoms with E-state index in [1.165, 1.54) is 0 Å². The van der Waals surface area contributed by atoms with Gasteiger partial charge in [0.15, 0.2) is 5.96 Å². The molecular weight excluding hydrogens is 403 g/mol. The summed E-state index contributed by atoms with van der Waals surface area (Å²) in [6, 6.07) is 0.326. The van der Waals surface area contributed by atoms with Gasteiger partial charge in [0.25, 0.3) is 0 Å². The summed E-state index contributed by atoms with van der Waals surface area (Å²) in [5.41, 5.74) is 0.333. The van der Waals surface area contributed by atoms with Crippen LogP contribution in [0.2, 0.25) is 0 Å². The van der Waals surface area contributed by atoms with E-state index >= 15 is 0 Å². The quantitative estimate of drug-likeness (QED) is 0.364. The molecule has 0 spiro atoms. The Labute approximate surface area is 160 Å². The van der Waals surface area contributed by atoms with E-state index in [1.807, 2.05) is 0 Å². The maximum absolute atomic E-state index is 11.7. The molecule has 0 saturated carbocycles. The molecule has 1 amide bonds. The highest BCUT2D eigenvalue weighted by molar-refractivity contribution is 14.0. The molecule has 0 aromatic rings. The number of amides is 1. The molecule has 0 bridgehead atoms. The minimum Gasteiger partial charge on any atom is -0.356 e. The minimum absolute atomic E-state index is 0. The fourth-order valence-corrected chi connectivity index (χ4v) is 1.70. The predicted molar refractivity (Wildman–Crippen MR) is 111 cm³/mol. The van der Waals surface area contributed by atoms with Crippen LogP contribution >= 0.6 is 24.0 Å². The summed E-state index contributed by atoms with van der Waals surface area (Å²) in [4.78, 5) is 17.7. The number of rotatable bonds is 7. The number of carbonyl (C=O) groups excluding carboxylic acids is 1. The number of likely N-dealkylation sites (N-methyl/N-ethyl adjacent to an activating group) is 1. The average Bonchev–Trinajstić information content (AvgIpc) is 2.38. The van der Waals surface area contributed by atoms with E-state index in [0.29, 0.717) is 17.4 Å². The summed E-state index contributed by atoms with van der Waals surface area (Å²) in [7, 11) is 3.50. The second kappa shape index (κ2) is 11.9. The zero-order valence-electron chi connectivity index (χ0n) is 16.2. The van der Waals surface area contributed by atoms with Crippen LogP contribution in [0.1, 0.15) is 54.4 Å². The number of hydrogen-bond acceptors (Lipinski definition) is 2. The third kappa shape index (κ3) is 14.8. The molecule has 0 aromatic carbocycles. The van der Waals surface area contributed by atoms with Gasteiger partial charge in [-0.1, -0.05) is 34.6 Å². The predicted octanol–water partition coefficient (Wildman–Crippen LogP) is 3.10. The second-order valence-corrected chi connectivity index (χ2v) is 7.87. The highest BCUT2D eigenvalue weighted by Gasteiger charge is 2.14. The molecule has 5 nitrogen and oxygen atoms in total. The Kier molecular flexibility index (Phi) is 12.8. The summed E-state index contributed by atoms with van der Waals surface area (Å²) >= 11 is 0. The van der Waals surface area contributed by atoms with Gasteiger partial charge < -0.3 is 15.5 Å². The molecule has 0 radical (unpaired) electrons. The monoisotopic (exact) mass is 440 g/mol. The van der Waals surface area contributed by atoms with E-state index in [2.05, 4.69) is 57.2 Å². The van der Waals surface area contributed by atoms with Crippen LogP contribution in [0.25, 0.3) is 0 Å². The van der Waals surface area contributed by atoms with E-state index in [0.717, 1.165) is 25.3 Å². The summed E-state index contributed by atoms with van der Waals surface area (Å²) in [5.74, 6) is 1.26. The zero-order chi connectivity index (χ0) is 17.3. The van der Waals surface area contributed by atoms with Crippen molar-refractivity contribution in [3.05, 3.63) is 0 Å². The summed E-state index contributed by atoms with van der Waals surface area (Å²) < 4.78 is 0. The number of aliphatic imine (C=N–C) groups is 1. The molecule has 6 heteroatoms. The Balaban J connectivity index is 0. The van der Waals surface area contributed by atoms with Gasteiger partial charge in [-0.05, 0) is 31.1 Å². The van der Waals surface area contributed by atoms with Crippen LogP contribution < -0.4 is 10.6 Å². The van der Waals surface area contributed by atoms with Crippen LogP contribution in [0.3, 0.4) is 0 Å². The van der Waals surface area contributed by atoms with Crippen molar-refractivity contribution in [3.8, 4) is 0 Å². The lowest BCUT2D eigenvalue weighted by Crippen LogP contribution is -2.44. The summed E-state index contributed by atoms with van der Waals surface area (Å²) in [5, 5.41) is 6.72. The number of nitrogens with zero attached hydrogens (tertiary/aromatic N) is 2. The van der Waals surface area contributed by atoms with Gasteiger partial charge >= 0.3 is 0 Å². The van der Waals surface area contributed by atoms with Gasteiger partial charge in [0.05, 0.1) is 0 Å². The van der Waals surface area contributed by atoms with Crippen molar-refractivity contribution in [2.45, 2.75) is 60.4 Å². The van der Waals surface area contributed by atoms with Gasteiger partial charge in [0, 0.05) is 26.7 Å². The van der Waals surface area contributed by atoms with Crippen LogP contribution in [-0.4, -0.2) is 50.0 Å². The topological polar surface area (TPSA) is 56.7 Å². The van der Waals surface area contributed by atoms with Crippen molar-refractivity contribution in [1.82, 2.24) is 15.5 Å². The van der Waals surface area contributed by atoms with Crippen molar-refractivity contribution in [2.24, 2.45) is 16.3 Å². The first kappa shape index (κ1) is 24.7. The standard InChI is InChI=1S/C17H36N4O.HI/c1-13(2)11-18-16(19-12-15(22)21(7)8)20-14(3)9-10-17(4,5)6;/h13-14H,9-12H2,1-8H3,(H2,18,19,20);1H. The molecule has 0 aliphatic rings. The largest absolute Gasteiger partial charge is 0.356 e. The van der Waals surface area contributed by atoms with Crippen LogP contribution in [0, 0.1) is 11.3 Å². The van der Waals surface area contributed by atoms with Gasteiger partial charge in [0.2, 0.25) is 5.91 Å². The van der Waals surface area contributed by atoms with E-state index in [4.69, 9.17) is 0 Å². The summed E-state index contributed by atoms with van der Waals surface area (Å²) in [6.07, 6.45) is 2.22. The fraction of sp³-hybridized carbons (Fsp3) is 0.882. The third-order valence-corrected chi connectivity index (χ3v) is 3.26. The molecule has 0 heterocycles. The Hall–Kier alpha value is -0.530. The molecular formula is C17H37IN4O. The second-order valence-electron chi connectivity index (χ2n) is 7.87. The molecule has 1 unspecified atom stereocenters. The van der Waals surface area contributed by atoms with Crippen LogP contribution in [0.5, 0.6) is 0 Å². The lowest BCUT2D eigenvalue weighted by atomic mass is 9.89. The molecule has 23 heavy (non-hydrogen) atoms. The Bertz CT molecular complexity index is 362. The molecule has 0 aromatic heterocycles. The molecule has 0 aliphatic heterocycles. The Morgan fingerprint density at radius 1 is 1.17 bits per heavy atom. The minimum atomic E-state index is 0. The number of nitrogens with one attached hydrogen (secondary N) is 2. The maximum Gasteiger partial charge on any atom is 0.243 e. The molecule has 2 N–H and O–H groups in total. The summed E-state index contributed by atoms with van der Waals surface area (Å²) in [6.45, 7) is 14.2. The zero-order valence-corrected chi connectivity index (χ0v) is 18.5. The maximum atomic E-state index is 11.7. The highest BCUT2D eigenvalue weighted by Crippen LogP contribution is 2.21. The van der Waals surface area contributed by atoms with E-state index in [9.17, 15) is 4.79 Å².